The lowest BCUT2D eigenvalue weighted by Crippen LogP contribution is -2.39. The van der Waals surface area contributed by atoms with Gasteiger partial charge in [0.05, 0.1) is 53.3 Å². The summed E-state index contributed by atoms with van der Waals surface area (Å²) in [5.41, 5.74) is 4.09. The van der Waals surface area contributed by atoms with E-state index in [0.717, 1.165) is 49.7 Å². The molecule has 7 rings (SSSR count). The normalized spacial score (nSPS) is 18.3. The second kappa shape index (κ2) is 14.0. The first-order chi connectivity index (χ1) is 23.6. The predicted octanol–water partition coefficient (Wildman–Crippen LogP) is 7.31. The number of ether oxygens (including phenoxy) is 2. The average molecular weight is 704 g/mol. The van der Waals surface area contributed by atoms with Gasteiger partial charge in [0.25, 0.3) is 0 Å². The molecule has 49 heavy (non-hydrogen) atoms. The van der Waals surface area contributed by atoms with Gasteiger partial charge >= 0.3 is 6.03 Å². The van der Waals surface area contributed by atoms with E-state index in [4.69, 9.17) is 37.8 Å². The van der Waals surface area contributed by atoms with Gasteiger partial charge in [0.2, 0.25) is 0 Å². The smallest absolute Gasteiger partial charge is 0.320 e. The number of nitrogens with one attached hydrogen (secondary N) is 2. The minimum absolute atomic E-state index is 0.156. The number of carbonyl (C=O) groups excluding carboxylic acids is 1. The first kappa shape index (κ1) is 33.3. The Morgan fingerprint density at radius 2 is 1.71 bits per heavy atom. The molecule has 3 aromatic heterocycles. The van der Waals surface area contributed by atoms with Gasteiger partial charge in [-0.2, -0.15) is 5.10 Å². The van der Waals surface area contributed by atoms with Crippen LogP contribution in [-0.2, 0) is 16.7 Å². The molecular weight excluding hydrogens is 663 g/mol. The maximum Gasteiger partial charge on any atom is 0.320 e. The van der Waals surface area contributed by atoms with Crippen molar-refractivity contribution >= 4 is 40.7 Å². The molecule has 1 fully saturated rings. The van der Waals surface area contributed by atoms with Crippen LogP contribution in [0.3, 0.4) is 0 Å². The molecule has 2 aromatic carbocycles. The SMILES string of the molecule is CC(C)(C)c1cc(NC(=O)N[C@H]2CC[C@@H](Oc3ccc4nnc(-c5c(Cl)cccc5Cl)n4c3)c3ccccc32)n(CCN2CCOCC2)n1. The number of urea groups is 1. The van der Waals surface area contributed by atoms with E-state index in [1.54, 1.807) is 18.2 Å². The highest BCUT2D eigenvalue weighted by molar-refractivity contribution is 6.39. The number of halogens is 2. The number of nitrogens with zero attached hydrogens (tertiary/aromatic N) is 6. The molecule has 1 aliphatic heterocycles. The molecule has 2 amide bonds. The molecule has 0 spiro atoms. The molecule has 0 saturated carbocycles. The maximum atomic E-state index is 13.5. The molecule has 0 bridgehead atoms. The summed E-state index contributed by atoms with van der Waals surface area (Å²) in [7, 11) is 0. The lowest BCUT2D eigenvalue weighted by molar-refractivity contribution is 0.0360. The summed E-state index contributed by atoms with van der Waals surface area (Å²) in [6, 6.07) is 18.7. The molecule has 5 aromatic rings. The van der Waals surface area contributed by atoms with Crippen molar-refractivity contribution in [3.8, 4) is 17.1 Å². The minimum atomic E-state index is -0.268. The van der Waals surface area contributed by atoms with Gasteiger partial charge in [0.15, 0.2) is 11.5 Å². The van der Waals surface area contributed by atoms with E-state index >= 15 is 0 Å². The largest absolute Gasteiger partial charge is 0.484 e. The number of hydrogen-bond donors (Lipinski definition) is 2. The zero-order valence-electron chi connectivity index (χ0n) is 27.8. The van der Waals surface area contributed by atoms with Gasteiger partial charge in [0, 0.05) is 31.1 Å². The van der Waals surface area contributed by atoms with Crippen molar-refractivity contribution in [1.82, 2.24) is 34.6 Å². The van der Waals surface area contributed by atoms with E-state index in [2.05, 4.69) is 58.6 Å². The van der Waals surface area contributed by atoms with Gasteiger partial charge < -0.3 is 14.8 Å². The molecule has 2 N–H and O–H groups in total. The number of morpholine rings is 1. The fourth-order valence-electron chi connectivity index (χ4n) is 6.44. The zero-order chi connectivity index (χ0) is 34.1. The summed E-state index contributed by atoms with van der Waals surface area (Å²) in [5, 5.41) is 20.8. The van der Waals surface area contributed by atoms with Crippen LogP contribution in [0, 0.1) is 0 Å². The van der Waals surface area contributed by atoms with Crippen molar-refractivity contribution in [1.29, 1.82) is 0 Å². The van der Waals surface area contributed by atoms with Crippen LogP contribution in [0.15, 0.2) is 66.9 Å². The number of amides is 2. The van der Waals surface area contributed by atoms with E-state index in [9.17, 15) is 4.79 Å². The number of carbonyl (C=O) groups is 1. The Morgan fingerprint density at radius 1 is 0.959 bits per heavy atom. The Balaban J connectivity index is 1.06. The van der Waals surface area contributed by atoms with Crippen molar-refractivity contribution < 1.29 is 14.3 Å². The van der Waals surface area contributed by atoms with E-state index < -0.39 is 0 Å². The Kier molecular flexibility index (Phi) is 9.52. The Labute approximate surface area is 295 Å². The Bertz CT molecular complexity index is 1940. The average Bonchev–Trinajstić information content (AvgIpc) is 3.69. The summed E-state index contributed by atoms with van der Waals surface area (Å²) < 4.78 is 15.8. The second-order valence-electron chi connectivity index (χ2n) is 13.5. The highest BCUT2D eigenvalue weighted by atomic mass is 35.5. The van der Waals surface area contributed by atoms with Gasteiger partial charge in [-0.15, -0.1) is 10.2 Å². The third kappa shape index (κ3) is 7.26. The number of rotatable bonds is 8. The first-order valence-electron chi connectivity index (χ1n) is 16.6. The molecule has 11 nitrogen and oxygen atoms in total. The van der Waals surface area contributed by atoms with Gasteiger partial charge in [0.1, 0.15) is 17.7 Å². The van der Waals surface area contributed by atoms with E-state index in [0.29, 0.717) is 58.0 Å². The summed E-state index contributed by atoms with van der Waals surface area (Å²) in [4.78, 5) is 15.9. The van der Waals surface area contributed by atoms with Crippen molar-refractivity contribution in [2.24, 2.45) is 0 Å². The molecule has 4 heterocycles. The summed E-state index contributed by atoms with van der Waals surface area (Å²) in [6.45, 7) is 11.2. The molecule has 1 saturated heterocycles. The Morgan fingerprint density at radius 3 is 2.47 bits per heavy atom. The third-order valence-electron chi connectivity index (χ3n) is 9.10. The number of hydrogen-bond acceptors (Lipinski definition) is 7. The lowest BCUT2D eigenvalue weighted by Gasteiger charge is -2.32. The number of anilines is 1. The van der Waals surface area contributed by atoms with Crippen LogP contribution in [0.1, 0.15) is 62.6 Å². The van der Waals surface area contributed by atoms with Crippen LogP contribution < -0.4 is 15.4 Å². The highest BCUT2D eigenvalue weighted by Gasteiger charge is 2.30. The third-order valence-corrected chi connectivity index (χ3v) is 9.73. The molecule has 256 valence electrons. The molecule has 2 atom stereocenters. The van der Waals surface area contributed by atoms with Gasteiger partial charge in [-0.3, -0.25) is 14.6 Å². The van der Waals surface area contributed by atoms with Crippen molar-refractivity contribution in [2.75, 3.05) is 38.2 Å². The quantitative estimate of drug-likeness (QED) is 0.175. The highest BCUT2D eigenvalue weighted by Crippen LogP contribution is 2.40. The number of aromatic nitrogens is 5. The second-order valence-corrected chi connectivity index (χ2v) is 14.3. The van der Waals surface area contributed by atoms with E-state index in [-0.39, 0.29) is 23.6 Å². The number of fused-ring (bicyclic) bond motifs is 2. The fraction of sp³-hybridized carbons (Fsp3) is 0.389. The predicted molar refractivity (Wildman–Crippen MR) is 191 cm³/mol. The summed E-state index contributed by atoms with van der Waals surface area (Å²) >= 11 is 13.0. The monoisotopic (exact) mass is 702 g/mol. The van der Waals surface area contributed by atoms with Crippen LogP contribution in [0.5, 0.6) is 5.75 Å². The van der Waals surface area contributed by atoms with Crippen LogP contribution >= 0.6 is 23.2 Å². The molecule has 1 aliphatic carbocycles. The van der Waals surface area contributed by atoms with Crippen LogP contribution in [0.4, 0.5) is 10.6 Å². The van der Waals surface area contributed by atoms with Crippen LogP contribution in [-0.4, -0.2) is 68.2 Å². The van der Waals surface area contributed by atoms with Crippen molar-refractivity contribution in [3.05, 3.63) is 93.7 Å². The topological polar surface area (TPSA) is 111 Å². The summed E-state index contributed by atoms with van der Waals surface area (Å²) in [5.74, 6) is 1.87. The van der Waals surface area contributed by atoms with Gasteiger partial charge in [-0.25, -0.2) is 9.48 Å². The summed E-state index contributed by atoms with van der Waals surface area (Å²) in [6.07, 6.45) is 3.05. The van der Waals surface area contributed by atoms with Gasteiger partial charge in [-0.1, -0.05) is 74.3 Å². The molecule has 13 heteroatoms. The first-order valence-corrected chi connectivity index (χ1v) is 17.4. The fourth-order valence-corrected chi connectivity index (χ4v) is 7.00. The van der Waals surface area contributed by atoms with Crippen LogP contribution in [0.25, 0.3) is 17.0 Å². The Hall–Kier alpha value is -4.16. The maximum absolute atomic E-state index is 13.5. The van der Waals surface area contributed by atoms with Crippen molar-refractivity contribution in [3.63, 3.8) is 0 Å². The molecular formula is C36H40Cl2N8O3. The van der Waals surface area contributed by atoms with E-state index in [1.165, 1.54) is 0 Å². The zero-order valence-corrected chi connectivity index (χ0v) is 29.3. The molecule has 0 radical (unpaired) electrons. The minimum Gasteiger partial charge on any atom is -0.484 e. The standard InChI is InChI=1S/C36H40Cl2N8O3/c1-36(2,3)30-21-32(46(43-30)16-15-44-17-19-48-20-18-44)40-35(47)39-28-12-13-29(25-8-5-4-7-24(25)28)49-23-11-14-31-41-42-34(45(31)22-23)33-26(37)9-6-10-27(33)38/h4-11,14,21-22,28-29H,12-13,15-20H2,1-3H3,(H2,39,40,47)/t28-,29+/m0/s1. The van der Waals surface area contributed by atoms with Crippen molar-refractivity contribution in [2.45, 2.75) is 57.7 Å². The van der Waals surface area contributed by atoms with Gasteiger partial charge in [-0.05, 0) is 48.2 Å². The lowest BCUT2D eigenvalue weighted by atomic mass is 9.85. The molecule has 0 unspecified atom stereocenters. The van der Waals surface area contributed by atoms with Crippen LogP contribution in [0.2, 0.25) is 10.0 Å². The van der Waals surface area contributed by atoms with E-state index in [1.807, 2.05) is 45.6 Å². The number of benzene rings is 2. The molecule has 2 aliphatic rings. The number of pyridine rings is 1.